The highest BCUT2D eigenvalue weighted by atomic mass is 16.5. The van der Waals surface area contributed by atoms with Gasteiger partial charge in [0.2, 0.25) is 0 Å². The Morgan fingerprint density at radius 2 is 2.06 bits per heavy atom. The molecule has 4 rings (SSSR count). The first-order valence-electron chi connectivity index (χ1n) is 7.07. The van der Waals surface area contributed by atoms with E-state index in [-0.39, 0.29) is 0 Å². The number of morpholine rings is 1. The predicted octanol–water partition coefficient (Wildman–Crippen LogP) is 0.374. The smallest absolute Gasteiger partial charge is 0.131 e. The van der Waals surface area contributed by atoms with Crippen molar-refractivity contribution < 1.29 is 4.74 Å². The first-order valence-corrected chi connectivity index (χ1v) is 7.07. The van der Waals surface area contributed by atoms with E-state index in [0.717, 1.165) is 45.8 Å². The molecule has 2 aliphatic heterocycles. The fourth-order valence-corrected chi connectivity index (χ4v) is 2.99. The van der Waals surface area contributed by atoms with Gasteiger partial charge >= 0.3 is 0 Å². The summed E-state index contributed by atoms with van der Waals surface area (Å²) in [5, 5.41) is 5.86. The molecule has 5 heteroatoms. The first kappa shape index (κ1) is 10.8. The third-order valence-electron chi connectivity index (χ3n) is 4.10. The molecule has 5 nitrogen and oxygen atoms in total. The molecule has 1 aromatic heterocycles. The zero-order chi connectivity index (χ0) is 11.9. The molecule has 0 radical (unpaired) electrons. The van der Waals surface area contributed by atoms with Crippen LogP contribution >= 0.6 is 0 Å². The number of imidazole rings is 1. The highest BCUT2D eigenvalue weighted by Gasteiger charge is 2.33. The summed E-state index contributed by atoms with van der Waals surface area (Å²) in [6, 6.07) is 0. The number of ether oxygens (including phenoxy) is 1. The standard InChI is InChI=1S/C13H20N4O/c1-2-10(1)13-15-11-9-14-4-3-12(11)17(13)16-5-7-18-8-6-16/h10,14H,1-9H2. The molecule has 2 fully saturated rings. The SMILES string of the molecule is C1Cc2c(nc(C3CC3)n2N2CCOCC2)CN1. The van der Waals surface area contributed by atoms with Crippen LogP contribution in [-0.2, 0) is 17.7 Å². The van der Waals surface area contributed by atoms with Crippen LogP contribution in [0.15, 0.2) is 0 Å². The second-order valence-corrected chi connectivity index (χ2v) is 5.44. The molecule has 0 spiro atoms. The van der Waals surface area contributed by atoms with Gasteiger partial charge in [-0.2, -0.15) is 0 Å². The lowest BCUT2D eigenvalue weighted by molar-refractivity contribution is 0.110. The van der Waals surface area contributed by atoms with Crippen LogP contribution in [0.3, 0.4) is 0 Å². The first-order chi connectivity index (χ1) is 8.93. The average molecular weight is 248 g/mol. The van der Waals surface area contributed by atoms with Crippen LogP contribution < -0.4 is 10.3 Å². The molecule has 0 atom stereocenters. The maximum absolute atomic E-state index is 5.47. The Labute approximate surface area is 107 Å². The summed E-state index contributed by atoms with van der Waals surface area (Å²) in [7, 11) is 0. The van der Waals surface area contributed by atoms with Crippen molar-refractivity contribution in [2.24, 2.45) is 0 Å². The van der Waals surface area contributed by atoms with Crippen LogP contribution in [-0.4, -0.2) is 42.5 Å². The number of nitrogens with zero attached hydrogens (tertiary/aromatic N) is 3. The van der Waals surface area contributed by atoms with Crippen LogP contribution in [0.25, 0.3) is 0 Å². The summed E-state index contributed by atoms with van der Waals surface area (Å²) in [4.78, 5) is 4.91. The number of hydrogen-bond donors (Lipinski definition) is 1. The van der Waals surface area contributed by atoms with Gasteiger partial charge in [-0.15, -0.1) is 0 Å². The zero-order valence-electron chi connectivity index (χ0n) is 10.7. The second kappa shape index (κ2) is 4.24. The Kier molecular flexibility index (Phi) is 2.55. The third-order valence-corrected chi connectivity index (χ3v) is 4.10. The van der Waals surface area contributed by atoms with E-state index in [4.69, 9.17) is 9.72 Å². The van der Waals surface area contributed by atoms with Crippen LogP contribution in [0.5, 0.6) is 0 Å². The second-order valence-electron chi connectivity index (χ2n) is 5.44. The molecule has 0 aromatic carbocycles. The molecule has 1 aliphatic carbocycles. The van der Waals surface area contributed by atoms with Gasteiger partial charge in [0.05, 0.1) is 37.7 Å². The van der Waals surface area contributed by atoms with Crippen molar-refractivity contribution in [3.05, 3.63) is 17.2 Å². The minimum absolute atomic E-state index is 0.707. The Bertz CT molecular complexity index is 446. The molecule has 98 valence electrons. The van der Waals surface area contributed by atoms with Gasteiger partial charge in [0.1, 0.15) is 5.82 Å². The quantitative estimate of drug-likeness (QED) is 0.821. The van der Waals surface area contributed by atoms with Crippen molar-refractivity contribution >= 4 is 0 Å². The van der Waals surface area contributed by atoms with Crippen molar-refractivity contribution in [2.75, 3.05) is 37.9 Å². The van der Waals surface area contributed by atoms with Crippen LogP contribution in [0.2, 0.25) is 0 Å². The summed E-state index contributed by atoms with van der Waals surface area (Å²) in [5.41, 5.74) is 2.71. The maximum Gasteiger partial charge on any atom is 0.131 e. The number of aromatic nitrogens is 2. The highest BCUT2D eigenvalue weighted by molar-refractivity contribution is 5.26. The molecule has 3 heterocycles. The molecule has 3 aliphatic rings. The summed E-state index contributed by atoms with van der Waals surface area (Å²) in [6.45, 7) is 5.69. The van der Waals surface area contributed by atoms with E-state index in [1.54, 1.807) is 0 Å². The van der Waals surface area contributed by atoms with Crippen LogP contribution in [0.4, 0.5) is 0 Å². The van der Waals surface area contributed by atoms with Gasteiger partial charge in [-0.05, 0) is 12.8 Å². The van der Waals surface area contributed by atoms with Crippen molar-refractivity contribution in [1.29, 1.82) is 0 Å². The van der Waals surface area contributed by atoms with Gasteiger partial charge in [-0.25, -0.2) is 9.66 Å². The van der Waals surface area contributed by atoms with Crippen molar-refractivity contribution in [2.45, 2.75) is 31.7 Å². The van der Waals surface area contributed by atoms with Gasteiger partial charge < -0.3 is 15.1 Å². The van der Waals surface area contributed by atoms with Crippen LogP contribution in [0, 0.1) is 0 Å². The summed E-state index contributed by atoms with van der Waals surface area (Å²) < 4.78 is 7.91. The third kappa shape index (κ3) is 1.73. The van der Waals surface area contributed by atoms with E-state index in [2.05, 4.69) is 15.0 Å². The Morgan fingerprint density at radius 3 is 2.83 bits per heavy atom. The van der Waals surface area contributed by atoms with E-state index in [1.165, 1.54) is 30.1 Å². The molecule has 1 aromatic rings. The van der Waals surface area contributed by atoms with Crippen molar-refractivity contribution in [3.63, 3.8) is 0 Å². The minimum atomic E-state index is 0.707. The van der Waals surface area contributed by atoms with Gasteiger partial charge in [0.25, 0.3) is 0 Å². The maximum atomic E-state index is 5.47. The van der Waals surface area contributed by atoms with E-state index in [0.29, 0.717) is 5.92 Å². The molecule has 18 heavy (non-hydrogen) atoms. The summed E-state index contributed by atoms with van der Waals surface area (Å²) in [6.07, 6.45) is 3.73. The summed E-state index contributed by atoms with van der Waals surface area (Å²) >= 11 is 0. The number of fused-ring (bicyclic) bond motifs is 1. The molecule has 0 bridgehead atoms. The topological polar surface area (TPSA) is 42.3 Å². The minimum Gasteiger partial charge on any atom is -0.378 e. The highest BCUT2D eigenvalue weighted by Crippen LogP contribution is 2.40. The van der Waals surface area contributed by atoms with Gasteiger partial charge in [0, 0.05) is 25.4 Å². The Morgan fingerprint density at radius 1 is 1.22 bits per heavy atom. The molecule has 0 unspecified atom stereocenters. The predicted molar refractivity (Wildman–Crippen MR) is 68.4 cm³/mol. The van der Waals surface area contributed by atoms with Crippen molar-refractivity contribution in [3.8, 4) is 0 Å². The molecule has 0 amide bonds. The Hall–Kier alpha value is -1.07. The zero-order valence-corrected chi connectivity index (χ0v) is 10.7. The number of rotatable bonds is 2. The molecular weight excluding hydrogens is 228 g/mol. The van der Waals surface area contributed by atoms with Crippen molar-refractivity contribution in [1.82, 2.24) is 15.0 Å². The number of nitrogens with one attached hydrogen (secondary N) is 1. The molecule has 1 N–H and O–H groups in total. The average Bonchev–Trinajstić information content (AvgIpc) is 3.20. The normalized spacial score (nSPS) is 24.1. The van der Waals surface area contributed by atoms with E-state index < -0.39 is 0 Å². The lowest BCUT2D eigenvalue weighted by Gasteiger charge is -2.33. The Balaban J connectivity index is 1.75. The molecular formula is C13H20N4O. The van der Waals surface area contributed by atoms with E-state index in [1.807, 2.05) is 0 Å². The monoisotopic (exact) mass is 248 g/mol. The van der Waals surface area contributed by atoms with E-state index in [9.17, 15) is 0 Å². The fraction of sp³-hybridized carbons (Fsp3) is 0.769. The lowest BCUT2D eigenvalue weighted by atomic mass is 10.2. The van der Waals surface area contributed by atoms with Gasteiger partial charge in [-0.1, -0.05) is 0 Å². The lowest BCUT2D eigenvalue weighted by Crippen LogP contribution is -2.46. The van der Waals surface area contributed by atoms with Gasteiger partial charge in [-0.3, -0.25) is 0 Å². The van der Waals surface area contributed by atoms with Crippen LogP contribution in [0.1, 0.15) is 36.0 Å². The fourth-order valence-electron chi connectivity index (χ4n) is 2.99. The largest absolute Gasteiger partial charge is 0.378 e. The summed E-state index contributed by atoms with van der Waals surface area (Å²) in [5.74, 6) is 2.02. The van der Waals surface area contributed by atoms with Gasteiger partial charge in [0.15, 0.2) is 0 Å². The number of hydrogen-bond acceptors (Lipinski definition) is 4. The molecule has 1 saturated carbocycles. The van der Waals surface area contributed by atoms with E-state index >= 15 is 0 Å². The molecule has 1 saturated heterocycles.